The highest BCUT2D eigenvalue weighted by Crippen LogP contribution is 2.43. The number of hydrogen-bond acceptors (Lipinski definition) is 7. The Balaban J connectivity index is 1.94. The fourth-order valence-corrected chi connectivity index (χ4v) is 4.89. The van der Waals surface area contributed by atoms with Crippen molar-refractivity contribution in [3.63, 3.8) is 0 Å². The molecule has 0 amide bonds. The van der Waals surface area contributed by atoms with Crippen LogP contribution in [0.25, 0.3) is 21.9 Å². The van der Waals surface area contributed by atoms with Crippen LogP contribution in [-0.2, 0) is 22.9 Å². The number of anilines is 1. The summed E-state index contributed by atoms with van der Waals surface area (Å²) in [7, 11) is -4.85. The number of pyridine rings is 1. The molecule has 0 aliphatic heterocycles. The molecule has 2 aromatic heterocycles. The van der Waals surface area contributed by atoms with E-state index in [4.69, 9.17) is 16.5 Å². The van der Waals surface area contributed by atoms with Crippen LogP contribution >= 0.6 is 7.82 Å². The first-order valence-corrected chi connectivity index (χ1v) is 14.1. The number of aromatic hydroxyl groups is 1. The number of benzene rings is 2. The van der Waals surface area contributed by atoms with E-state index in [0.717, 1.165) is 35.1 Å². The molecule has 4 rings (SSSR count). The SMILES string of the molecule is CCCCc1nc2c(N)nc3cc(C(C)(C)C(C)(C)N)ccc3c2n1Cc1cccc(OP(=O)(O)O)c1O. The van der Waals surface area contributed by atoms with Crippen molar-refractivity contribution in [2.24, 2.45) is 5.73 Å². The second kappa shape index (κ2) is 9.85. The minimum Gasteiger partial charge on any atom is -0.504 e. The Bertz CT molecular complexity index is 1550. The van der Waals surface area contributed by atoms with Crippen LogP contribution in [0.3, 0.4) is 0 Å². The molecule has 0 spiro atoms. The van der Waals surface area contributed by atoms with Crippen molar-refractivity contribution in [2.45, 2.75) is 71.4 Å². The third kappa shape index (κ3) is 5.22. The normalized spacial score (nSPS) is 12.9. The summed E-state index contributed by atoms with van der Waals surface area (Å²) in [5, 5.41) is 11.7. The zero-order valence-electron chi connectivity index (χ0n) is 22.4. The molecule has 0 unspecified atom stereocenters. The third-order valence-corrected chi connectivity index (χ3v) is 7.93. The van der Waals surface area contributed by atoms with E-state index < -0.39 is 13.4 Å². The molecule has 38 heavy (non-hydrogen) atoms. The molecule has 0 aliphatic rings. The van der Waals surface area contributed by atoms with Gasteiger partial charge in [-0.2, -0.15) is 0 Å². The number of aromatic nitrogens is 3. The van der Waals surface area contributed by atoms with Crippen LogP contribution < -0.4 is 16.0 Å². The van der Waals surface area contributed by atoms with Crippen molar-refractivity contribution >= 4 is 35.6 Å². The smallest absolute Gasteiger partial charge is 0.504 e. The van der Waals surface area contributed by atoms with Crippen molar-refractivity contribution in [3.8, 4) is 11.5 Å². The standard InChI is InChI=1S/C27H36N5O5P/c1-6-7-11-21-31-22-23(32(21)15-16-9-8-10-20(24(16)33)37-38(34,35)36)18-13-12-17(14-19(18)30-25(22)28)26(2,3)27(4,5)29/h8-10,12-14,33H,6-7,11,15,29H2,1-5H3,(H2,28,30)(H2,34,35,36). The lowest BCUT2D eigenvalue weighted by molar-refractivity contribution is 0.277. The van der Waals surface area contributed by atoms with Gasteiger partial charge < -0.3 is 25.7 Å². The first-order chi connectivity index (χ1) is 17.6. The fourth-order valence-electron chi connectivity index (χ4n) is 4.48. The van der Waals surface area contributed by atoms with Crippen molar-refractivity contribution in [1.29, 1.82) is 0 Å². The fraction of sp³-hybridized carbons (Fsp3) is 0.407. The molecule has 0 radical (unpaired) electrons. The topological polar surface area (TPSA) is 170 Å². The average Bonchev–Trinajstić information content (AvgIpc) is 3.17. The first kappa shape index (κ1) is 27.9. The average molecular weight is 542 g/mol. The molecule has 204 valence electrons. The van der Waals surface area contributed by atoms with Gasteiger partial charge in [0.1, 0.15) is 11.3 Å². The number of rotatable bonds is 9. The van der Waals surface area contributed by atoms with E-state index in [-0.39, 0.29) is 23.5 Å². The van der Waals surface area contributed by atoms with Crippen molar-refractivity contribution in [1.82, 2.24) is 14.5 Å². The number of aryl methyl sites for hydroxylation is 1. The number of phenols is 1. The maximum absolute atomic E-state index is 11.4. The predicted molar refractivity (Wildman–Crippen MR) is 149 cm³/mol. The van der Waals surface area contributed by atoms with Crippen LogP contribution in [0.5, 0.6) is 11.5 Å². The zero-order chi connectivity index (χ0) is 28.0. The molecule has 0 fully saturated rings. The number of nitrogens with zero attached hydrogens (tertiary/aromatic N) is 3. The number of nitrogens with two attached hydrogens (primary N) is 2. The third-order valence-electron chi connectivity index (χ3n) is 7.50. The Morgan fingerprint density at radius 3 is 2.45 bits per heavy atom. The Hall–Kier alpha value is -3.17. The highest BCUT2D eigenvalue weighted by Gasteiger charge is 2.35. The number of nitrogen functional groups attached to an aromatic ring is 1. The molecule has 2 heterocycles. The summed E-state index contributed by atoms with van der Waals surface area (Å²) in [4.78, 5) is 28.0. The second-order valence-corrected chi connectivity index (χ2v) is 12.0. The minimum atomic E-state index is -4.85. The van der Waals surface area contributed by atoms with E-state index >= 15 is 0 Å². The monoisotopic (exact) mass is 541 g/mol. The molecule has 0 saturated carbocycles. The van der Waals surface area contributed by atoms with Crippen LogP contribution in [0.2, 0.25) is 0 Å². The lowest BCUT2D eigenvalue weighted by atomic mass is 9.70. The molecule has 0 bridgehead atoms. The second-order valence-electron chi connectivity index (χ2n) is 10.8. The molecule has 4 aromatic rings. The number of phosphoric acid groups is 1. The van der Waals surface area contributed by atoms with Crippen LogP contribution in [0, 0.1) is 0 Å². The Morgan fingerprint density at radius 2 is 1.82 bits per heavy atom. The molecule has 0 aliphatic carbocycles. The number of fused-ring (bicyclic) bond motifs is 3. The van der Waals surface area contributed by atoms with Crippen LogP contribution in [0.1, 0.15) is 64.4 Å². The summed E-state index contributed by atoms with van der Waals surface area (Å²) in [6.07, 6.45) is 2.53. The number of para-hydroxylation sites is 1. The Labute approximate surface area is 221 Å². The number of phenolic OH excluding ortho intramolecular Hbond substituents is 1. The summed E-state index contributed by atoms with van der Waals surface area (Å²) in [6, 6.07) is 10.6. The minimum absolute atomic E-state index is 0.182. The van der Waals surface area contributed by atoms with Crippen molar-refractivity contribution in [3.05, 3.63) is 53.3 Å². The van der Waals surface area contributed by atoms with Gasteiger partial charge in [0.25, 0.3) is 0 Å². The van der Waals surface area contributed by atoms with E-state index in [9.17, 15) is 19.5 Å². The Morgan fingerprint density at radius 1 is 1.11 bits per heavy atom. The number of phosphoric ester groups is 1. The van der Waals surface area contributed by atoms with Gasteiger partial charge in [-0.3, -0.25) is 9.79 Å². The van der Waals surface area contributed by atoms with E-state index in [1.807, 2.05) is 36.6 Å². The molecule has 0 saturated heterocycles. The molecule has 10 nitrogen and oxygen atoms in total. The molecular weight excluding hydrogens is 505 g/mol. The number of imidazole rings is 1. The van der Waals surface area contributed by atoms with Gasteiger partial charge in [-0.25, -0.2) is 14.5 Å². The van der Waals surface area contributed by atoms with Gasteiger partial charge in [-0.05, 0) is 38.0 Å². The molecule has 7 N–H and O–H groups in total. The maximum atomic E-state index is 11.4. The highest BCUT2D eigenvalue weighted by molar-refractivity contribution is 7.46. The van der Waals surface area contributed by atoms with Gasteiger partial charge in [-0.1, -0.05) is 51.5 Å². The molecular formula is C27H36N5O5P. The van der Waals surface area contributed by atoms with E-state index in [2.05, 4.69) is 30.3 Å². The zero-order valence-corrected chi connectivity index (χ0v) is 23.3. The molecule has 2 aromatic carbocycles. The molecule has 11 heteroatoms. The number of hydrogen-bond donors (Lipinski definition) is 5. The molecule has 0 atom stereocenters. The van der Waals surface area contributed by atoms with Gasteiger partial charge in [0.05, 0.1) is 17.6 Å². The van der Waals surface area contributed by atoms with Crippen molar-refractivity contribution in [2.75, 3.05) is 5.73 Å². The summed E-state index contributed by atoms with van der Waals surface area (Å²) < 4.78 is 18.1. The lowest BCUT2D eigenvalue weighted by Gasteiger charge is -2.39. The summed E-state index contributed by atoms with van der Waals surface area (Å²) in [6.45, 7) is 10.5. The number of unbranched alkanes of at least 4 members (excludes halogenated alkanes) is 1. The lowest BCUT2D eigenvalue weighted by Crippen LogP contribution is -2.50. The quantitative estimate of drug-likeness (QED) is 0.188. The van der Waals surface area contributed by atoms with Crippen LogP contribution in [0.4, 0.5) is 5.82 Å². The van der Waals surface area contributed by atoms with Gasteiger partial charge in [0.2, 0.25) is 0 Å². The maximum Gasteiger partial charge on any atom is 0.524 e. The van der Waals surface area contributed by atoms with E-state index in [0.29, 0.717) is 28.8 Å². The van der Waals surface area contributed by atoms with E-state index in [1.165, 1.54) is 6.07 Å². The highest BCUT2D eigenvalue weighted by atomic mass is 31.2. The Kier molecular flexibility index (Phi) is 7.22. The predicted octanol–water partition coefficient (Wildman–Crippen LogP) is 4.75. The first-order valence-electron chi connectivity index (χ1n) is 12.6. The van der Waals surface area contributed by atoms with Gasteiger partial charge >= 0.3 is 7.82 Å². The van der Waals surface area contributed by atoms with Crippen LogP contribution in [-0.4, -0.2) is 35.0 Å². The van der Waals surface area contributed by atoms with E-state index in [1.54, 1.807) is 12.1 Å². The van der Waals surface area contributed by atoms with Gasteiger partial charge in [0.15, 0.2) is 17.3 Å². The van der Waals surface area contributed by atoms with Crippen LogP contribution in [0.15, 0.2) is 36.4 Å². The van der Waals surface area contributed by atoms with Gasteiger partial charge in [0, 0.05) is 28.3 Å². The summed E-state index contributed by atoms with van der Waals surface area (Å²) in [5.74, 6) is 0.433. The largest absolute Gasteiger partial charge is 0.524 e. The summed E-state index contributed by atoms with van der Waals surface area (Å²) >= 11 is 0. The van der Waals surface area contributed by atoms with Gasteiger partial charge in [-0.15, -0.1) is 0 Å². The van der Waals surface area contributed by atoms with Crippen molar-refractivity contribution < 1.29 is 24.0 Å². The summed E-state index contributed by atoms with van der Waals surface area (Å²) in [5.41, 5.74) is 15.6.